The van der Waals surface area contributed by atoms with Crippen LogP contribution in [0.4, 0.5) is 5.82 Å². The molecule has 0 atom stereocenters. The summed E-state index contributed by atoms with van der Waals surface area (Å²) in [6, 6.07) is 9.73. The first-order valence-electron chi connectivity index (χ1n) is 9.65. The minimum atomic E-state index is -0.0865. The third-order valence-electron chi connectivity index (χ3n) is 4.21. The molecule has 0 aliphatic carbocycles. The summed E-state index contributed by atoms with van der Waals surface area (Å²) in [5, 5.41) is 3.62. The van der Waals surface area contributed by atoms with Gasteiger partial charge in [0.05, 0.1) is 6.61 Å². The van der Waals surface area contributed by atoms with E-state index in [2.05, 4.69) is 42.2 Å². The number of methoxy groups -OCH3 is 1. The van der Waals surface area contributed by atoms with Gasteiger partial charge in [0.25, 0.3) is 5.91 Å². The van der Waals surface area contributed by atoms with Gasteiger partial charge in [-0.3, -0.25) is 4.79 Å². The smallest absolute Gasteiger partial charge is 0.251 e. The molecule has 0 spiro atoms. The van der Waals surface area contributed by atoms with Crippen LogP contribution in [0.2, 0.25) is 0 Å². The van der Waals surface area contributed by atoms with Crippen molar-refractivity contribution in [3.05, 3.63) is 47.2 Å². The molecular formula is C21H30N4O2S. The second kappa shape index (κ2) is 11.7. The molecule has 1 aromatic heterocycles. The second-order valence-electron chi connectivity index (χ2n) is 6.51. The number of aryl methyl sites for hydroxylation is 1. The molecule has 0 bridgehead atoms. The van der Waals surface area contributed by atoms with Gasteiger partial charge >= 0.3 is 0 Å². The Labute approximate surface area is 172 Å². The largest absolute Gasteiger partial charge is 0.383 e. The molecule has 1 N–H and O–H groups in total. The van der Waals surface area contributed by atoms with Crippen LogP contribution in [0, 0.1) is 0 Å². The molecule has 0 aliphatic heterocycles. The highest BCUT2D eigenvalue weighted by Crippen LogP contribution is 2.23. The summed E-state index contributed by atoms with van der Waals surface area (Å²) in [4.78, 5) is 23.7. The van der Waals surface area contributed by atoms with Crippen LogP contribution in [0.3, 0.4) is 0 Å². The van der Waals surface area contributed by atoms with E-state index in [0.29, 0.717) is 24.5 Å². The number of carbonyl (C=O) groups excluding carboxylic acids is 1. The highest BCUT2D eigenvalue weighted by molar-refractivity contribution is 7.98. The van der Waals surface area contributed by atoms with Gasteiger partial charge in [0.1, 0.15) is 5.82 Å². The number of thioether (sulfide) groups is 1. The SMILES string of the molecule is CCCN(C)c1cc(CC)nc(SCc2cccc(C(=O)NCCOC)c2)n1. The average molecular weight is 403 g/mol. The fourth-order valence-electron chi connectivity index (χ4n) is 2.67. The number of ether oxygens (including phenoxy) is 1. The zero-order chi connectivity index (χ0) is 20.4. The molecule has 1 amide bonds. The first kappa shape index (κ1) is 22.2. The van der Waals surface area contributed by atoms with Crippen molar-refractivity contribution < 1.29 is 9.53 Å². The Balaban J connectivity index is 2.06. The molecular weight excluding hydrogens is 372 g/mol. The number of aromatic nitrogens is 2. The molecule has 0 saturated carbocycles. The number of nitrogens with zero attached hydrogens (tertiary/aromatic N) is 3. The van der Waals surface area contributed by atoms with Crippen molar-refractivity contribution in [1.82, 2.24) is 15.3 Å². The molecule has 0 saturated heterocycles. The molecule has 0 aliphatic rings. The molecule has 0 fully saturated rings. The third-order valence-corrected chi connectivity index (χ3v) is 5.12. The van der Waals surface area contributed by atoms with E-state index in [1.165, 1.54) is 0 Å². The summed E-state index contributed by atoms with van der Waals surface area (Å²) >= 11 is 1.59. The Morgan fingerprint density at radius 2 is 2.07 bits per heavy atom. The van der Waals surface area contributed by atoms with E-state index < -0.39 is 0 Å². The molecule has 2 rings (SSSR count). The molecule has 0 radical (unpaired) electrons. The number of benzene rings is 1. The van der Waals surface area contributed by atoms with Gasteiger partial charge in [-0.1, -0.05) is 37.7 Å². The highest BCUT2D eigenvalue weighted by Gasteiger charge is 2.10. The molecule has 1 aromatic carbocycles. The maximum absolute atomic E-state index is 12.2. The summed E-state index contributed by atoms with van der Waals surface area (Å²) < 4.78 is 4.96. The lowest BCUT2D eigenvalue weighted by Gasteiger charge is -2.18. The zero-order valence-corrected chi connectivity index (χ0v) is 18.0. The minimum Gasteiger partial charge on any atom is -0.383 e. The van der Waals surface area contributed by atoms with Crippen molar-refractivity contribution >= 4 is 23.5 Å². The van der Waals surface area contributed by atoms with Crippen LogP contribution < -0.4 is 10.2 Å². The molecule has 152 valence electrons. The zero-order valence-electron chi connectivity index (χ0n) is 17.2. The van der Waals surface area contributed by atoms with Gasteiger partial charge in [0.2, 0.25) is 0 Å². The van der Waals surface area contributed by atoms with E-state index in [0.717, 1.165) is 41.6 Å². The minimum absolute atomic E-state index is 0.0865. The number of hydrogen-bond acceptors (Lipinski definition) is 6. The summed E-state index contributed by atoms with van der Waals surface area (Å²) in [6.45, 7) is 6.23. The van der Waals surface area contributed by atoms with Gasteiger partial charge < -0.3 is 15.0 Å². The van der Waals surface area contributed by atoms with E-state index in [1.807, 2.05) is 24.3 Å². The van der Waals surface area contributed by atoms with Gasteiger partial charge in [-0.05, 0) is 30.5 Å². The fourth-order valence-corrected chi connectivity index (χ4v) is 3.48. The normalized spacial score (nSPS) is 10.7. The van der Waals surface area contributed by atoms with Crippen molar-refractivity contribution in [2.24, 2.45) is 0 Å². The second-order valence-corrected chi connectivity index (χ2v) is 7.46. The molecule has 6 nitrogen and oxygen atoms in total. The van der Waals surface area contributed by atoms with E-state index in [-0.39, 0.29) is 5.91 Å². The van der Waals surface area contributed by atoms with E-state index in [1.54, 1.807) is 18.9 Å². The first-order chi connectivity index (χ1) is 13.6. The Morgan fingerprint density at radius 1 is 1.25 bits per heavy atom. The third kappa shape index (κ3) is 6.80. The quantitative estimate of drug-likeness (QED) is 0.352. The van der Waals surface area contributed by atoms with Gasteiger partial charge in [-0.2, -0.15) is 0 Å². The monoisotopic (exact) mass is 402 g/mol. The lowest BCUT2D eigenvalue weighted by molar-refractivity contribution is 0.0937. The molecule has 2 aromatic rings. The summed E-state index contributed by atoms with van der Waals surface area (Å²) in [5.41, 5.74) is 2.76. The summed E-state index contributed by atoms with van der Waals surface area (Å²) in [7, 11) is 3.68. The number of nitrogens with one attached hydrogen (secondary N) is 1. The number of amides is 1. The molecule has 7 heteroatoms. The molecule has 28 heavy (non-hydrogen) atoms. The fraction of sp³-hybridized carbons (Fsp3) is 0.476. The van der Waals surface area contributed by atoms with Crippen LogP contribution in [0.5, 0.6) is 0 Å². The van der Waals surface area contributed by atoms with Crippen LogP contribution in [-0.2, 0) is 16.9 Å². The Hall–Kier alpha value is -2.12. The van der Waals surface area contributed by atoms with Gasteiger partial charge in [0.15, 0.2) is 5.16 Å². The summed E-state index contributed by atoms with van der Waals surface area (Å²) in [5.74, 6) is 1.59. The number of hydrogen-bond donors (Lipinski definition) is 1. The van der Waals surface area contributed by atoms with Crippen LogP contribution in [0.1, 0.15) is 41.9 Å². The van der Waals surface area contributed by atoms with Crippen molar-refractivity contribution in [3.8, 4) is 0 Å². The van der Waals surface area contributed by atoms with Crippen molar-refractivity contribution in [1.29, 1.82) is 0 Å². The standard InChI is InChI=1S/C21H30N4O2S/c1-5-11-25(3)19-14-18(6-2)23-21(24-19)28-15-16-8-7-9-17(13-16)20(26)22-10-12-27-4/h7-9,13-14H,5-6,10-12,15H2,1-4H3,(H,22,26). The average Bonchev–Trinajstić information content (AvgIpc) is 2.72. The maximum atomic E-state index is 12.2. The van der Waals surface area contributed by atoms with Crippen molar-refractivity contribution in [3.63, 3.8) is 0 Å². The first-order valence-corrected chi connectivity index (χ1v) is 10.6. The van der Waals surface area contributed by atoms with E-state index >= 15 is 0 Å². The van der Waals surface area contributed by atoms with E-state index in [4.69, 9.17) is 9.72 Å². The number of rotatable bonds is 11. The van der Waals surface area contributed by atoms with Crippen LogP contribution >= 0.6 is 11.8 Å². The van der Waals surface area contributed by atoms with Crippen molar-refractivity contribution in [2.75, 3.05) is 38.8 Å². The maximum Gasteiger partial charge on any atom is 0.251 e. The predicted molar refractivity (Wildman–Crippen MR) is 115 cm³/mol. The Kier molecular flexibility index (Phi) is 9.23. The Bertz CT molecular complexity index is 770. The van der Waals surface area contributed by atoms with Crippen LogP contribution in [-0.4, -0.2) is 49.7 Å². The molecule has 0 unspecified atom stereocenters. The van der Waals surface area contributed by atoms with Gasteiger partial charge in [-0.15, -0.1) is 0 Å². The Morgan fingerprint density at radius 3 is 2.79 bits per heavy atom. The van der Waals surface area contributed by atoms with Crippen LogP contribution in [0.25, 0.3) is 0 Å². The lowest BCUT2D eigenvalue weighted by atomic mass is 10.1. The predicted octanol–water partition coefficient (Wildman–Crippen LogP) is 3.55. The van der Waals surface area contributed by atoms with Crippen LogP contribution in [0.15, 0.2) is 35.5 Å². The lowest BCUT2D eigenvalue weighted by Crippen LogP contribution is -2.26. The highest BCUT2D eigenvalue weighted by atomic mass is 32.2. The number of carbonyl (C=O) groups is 1. The van der Waals surface area contributed by atoms with Crippen molar-refractivity contribution in [2.45, 2.75) is 37.6 Å². The van der Waals surface area contributed by atoms with Gasteiger partial charge in [0, 0.05) is 50.3 Å². The topological polar surface area (TPSA) is 67.4 Å². The summed E-state index contributed by atoms with van der Waals surface area (Å²) in [6.07, 6.45) is 1.95. The van der Waals surface area contributed by atoms with E-state index in [9.17, 15) is 4.79 Å². The molecule has 1 heterocycles. The van der Waals surface area contributed by atoms with Gasteiger partial charge in [-0.25, -0.2) is 9.97 Å². The number of anilines is 1.